The number of hydrogen-bond acceptors (Lipinski definition) is 1. The Morgan fingerprint density at radius 1 is 0.824 bits per heavy atom. The molecule has 0 amide bonds. The lowest BCUT2D eigenvalue weighted by Gasteiger charge is -2.33. The summed E-state index contributed by atoms with van der Waals surface area (Å²) < 4.78 is 126. The molecule has 0 saturated carbocycles. The summed E-state index contributed by atoms with van der Waals surface area (Å²) in [5, 5.41) is -6.56. The van der Waals surface area contributed by atoms with Crippen molar-refractivity contribution in [1.82, 2.24) is 0 Å². The highest BCUT2D eigenvalue weighted by molar-refractivity contribution is 7.96. The van der Waals surface area contributed by atoms with Gasteiger partial charge in [0.1, 0.15) is 9.80 Å². The molecule has 0 aromatic rings. The predicted molar refractivity (Wildman–Crippen MR) is 38.8 cm³/mol. The summed E-state index contributed by atoms with van der Waals surface area (Å²) >= 11 is 0. The van der Waals surface area contributed by atoms with E-state index in [-0.39, 0.29) is 0 Å². The van der Waals surface area contributed by atoms with Gasteiger partial charge in [-0.3, -0.25) is 0 Å². The van der Waals surface area contributed by atoms with Crippen molar-refractivity contribution >= 4 is 15.7 Å². The molecule has 0 rings (SSSR count). The summed E-state index contributed by atoms with van der Waals surface area (Å²) in [7, 11) is -6.17. The van der Waals surface area contributed by atoms with Crippen LogP contribution in [0.15, 0.2) is 0 Å². The second kappa shape index (κ2) is 3.67. The second-order valence-corrected chi connectivity index (χ2v) is 4.60. The Labute approximate surface area is 88.2 Å². The summed E-state index contributed by atoms with van der Waals surface area (Å²) in [5.74, 6) is -12.8. The van der Waals surface area contributed by atoms with Crippen LogP contribution >= 0.6 is 0 Å². The van der Waals surface area contributed by atoms with Crippen LogP contribution in [0.4, 0.5) is 39.5 Å². The number of hydrogen-bond donors (Lipinski definition) is 1. The zero-order valence-corrected chi connectivity index (χ0v) is 8.19. The SMILES string of the molecule is C=S(=O)(O)C(F)(F)C(F)(F)C(F)(F)C(F)(F)F. The third-order valence-electron chi connectivity index (χ3n) is 1.52. The van der Waals surface area contributed by atoms with Gasteiger partial charge >= 0.3 is 23.3 Å². The van der Waals surface area contributed by atoms with Gasteiger partial charge in [-0.2, -0.15) is 39.5 Å². The second-order valence-electron chi connectivity index (χ2n) is 2.80. The van der Waals surface area contributed by atoms with Crippen LogP contribution in [0.2, 0.25) is 0 Å². The van der Waals surface area contributed by atoms with Gasteiger partial charge < -0.3 is 4.55 Å². The van der Waals surface area contributed by atoms with Crippen LogP contribution in [0.5, 0.6) is 0 Å². The zero-order valence-electron chi connectivity index (χ0n) is 7.37. The highest BCUT2D eigenvalue weighted by Crippen LogP contribution is 2.54. The molecule has 17 heavy (non-hydrogen) atoms. The van der Waals surface area contributed by atoms with E-state index in [1.54, 1.807) is 5.87 Å². The normalized spacial score (nSPS) is 18.9. The van der Waals surface area contributed by atoms with Gasteiger partial charge in [-0.25, -0.2) is 4.21 Å². The smallest absolute Gasteiger partial charge is 0.309 e. The minimum absolute atomic E-state index is 1.56. The van der Waals surface area contributed by atoms with Crippen molar-refractivity contribution in [1.29, 1.82) is 0 Å². The van der Waals surface area contributed by atoms with Crippen molar-refractivity contribution < 1.29 is 48.3 Å². The first kappa shape index (κ1) is 16.4. The summed E-state index contributed by atoms with van der Waals surface area (Å²) in [6.07, 6.45) is -7.02. The quantitative estimate of drug-likeness (QED) is 0.642. The van der Waals surface area contributed by atoms with E-state index >= 15 is 0 Å². The van der Waals surface area contributed by atoms with E-state index in [2.05, 4.69) is 0 Å². The van der Waals surface area contributed by atoms with Crippen molar-refractivity contribution in [2.75, 3.05) is 0 Å². The molecule has 1 unspecified atom stereocenters. The zero-order chi connectivity index (χ0) is 14.5. The molecular formula is C5H3F9O2S. The minimum Gasteiger partial charge on any atom is -0.309 e. The average molecular weight is 298 g/mol. The first-order valence-corrected chi connectivity index (χ1v) is 4.98. The molecule has 0 aromatic carbocycles. The Kier molecular flexibility index (Phi) is 3.53. The molecule has 0 saturated heterocycles. The molecule has 1 N–H and O–H groups in total. The van der Waals surface area contributed by atoms with Gasteiger partial charge in [-0.05, 0) is 5.87 Å². The van der Waals surface area contributed by atoms with Gasteiger partial charge in [0, 0.05) is 0 Å². The summed E-state index contributed by atoms with van der Waals surface area (Å²) in [4.78, 5) is 0. The van der Waals surface area contributed by atoms with Crippen molar-refractivity contribution in [3.05, 3.63) is 0 Å². The van der Waals surface area contributed by atoms with Crippen LogP contribution in [0.1, 0.15) is 0 Å². The van der Waals surface area contributed by atoms with E-state index in [1.165, 1.54) is 0 Å². The number of rotatable bonds is 3. The Hall–Kier alpha value is -0.650. The van der Waals surface area contributed by atoms with Gasteiger partial charge in [0.15, 0.2) is 0 Å². The minimum atomic E-state index is -7.19. The fourth-order valence-electron chi connectivity index (χ4n) is 0.561. The molecule has 0 aromatic heterocycles. The maximum Gasteiger partial charge on any atom is 0.460 e. The maximum absolute atomic E-state index is 12.4. The van der Waals surface area contributed by atoms with Crippen molar-refractivity contribution in [3.8, 4) is 0 Å². The lowest BCUT2D eigenvalue weighted by molar-refractivity contribution is -0.382. The molecule has 12 heteroatoms. The van der Waals surface area contributed by atoms with Gasteiger partial charge in [0.25, 0.3) is 0 Å². The summed E-state index contributed by atoms with van der Waals surface area (Å²) in [6, 6.07) is 0. The lowest BCUT2D eigenvalue weighted by Crippen LogP contribution is -2.63. The van der Waals surface area contributed by atoms with Crippen LogP contribution in [0, 0.1) is 0 Å². The predicted octanol–water partition coefficient (Wildman–Crippen LogP) is 2.60. The molecule has 0 aliphatic carbocycles. The molecule has 0 spiro atoms. The molecule has 2 nitrogen and oxygen atoms in total. The fraction of sp³-hybridized carbons (Fsp3) is 0.800. The van der Waals surface area contributed by atoms with E-state index in [1.807, 2.05) is 0 Å². The van der Waals surface area contributed by atoms with Crippen molar-refractivity contribution in [2.45, 2.75) is 23.3 Å². The standard InChI is InChI=1S/C5H3F9O2S/c1-17(15,16)5(13,14)3(8,9)2(6,7)4(10,11)12/h1H2,(H,15,16). The van der Waals surface area contributed by atoms with Crippen LogP contribution in [-0.4, -0.2) is 37.9 Å². The number of alkyl halides is 9. The van der Waals surface area contributed by atoms with Gasteiger partial charge in [-0.15, -0.1) is 0 Å². The molecular weight excluding hydrogens is 295 g/mol. The topological polar surface area (TPSA) is 37.3 Å². The van der Waals surface area contributed by atoms with E-state index < -0.39 is 33.1 Å². The van der Waals surface area contributed by atoms with Gasteiger partial charge in [-0.1, -0.05) is 0 Å². The maximum atomic E-state index is 12.4. The largest absolute Gasteiger partial charge is 0.460 e. The fourth-order valence-corrected chi connectivity index (χ4v) is 1.09. The van der Waals surface area contributed by atoms with E-state index in [0.717, 1.165) is 0 Å². The molecule has 0 bridgehead atoms. The average Bonchev–Trinajstić information content (AvgIpc) is 1.98. The van der Waals surface area contributed by atoms with Crippen molar-refractivity contribution in [2.24, 2.45) is 0 Å². The Morgan fingerprint density at radius 2 is 1.12 bits per heavy atom. The molecule has 0 fully saturated rings. The molecule has 0 heterocycles. The van der Waals surface area contributed by atoms with Crippen molar-refractivity contribution in [3.63, 3.8) is 0 Å². The van der Waals surface area contributed by atoms with Crippen LogP contribution in [0.3, 0.4) is 0 Å². The van der Waals surface area contributed by atoms with Crippen LogP contribution < -0.4 is 0 Å². The first-order valence-electron chi connectivity index (χ1n) is 3.29. The first-order chi connectivity index (χ1) is 7.00. The third kappa shape index (κ3) is 2.19. The molecule has 0 aliphatic heterocycles. The Morgan fingerprint density at radius 3 is 1.29 bits per heavy atom. The monoisotopic (exact) mass is 298 g/mol. The van der Waals surface area contributed by atoms with Gasteiger partial charge in [0.05, 0.1) is 0 Å². The van der Waals surface area contributed by atoms with Crippen LogP contribution in [0.25, 0.3) is 0 Å². The molecule has 104 valence electrons. The van der Waals surface area contributed by atoms with E-state index in [4.69, 9.17) is 4.55 Å². The third-order valence-corrected chi connectivity index (χ3v) is 2.57. The highest BCUT2D eigenvalue weighted by Gasteiger charge is 2.83. The Bertz CT molecular complexity index is 392. The lowest BCUT2D eigenvalue weighted by atomic mass is 10.1. The summed E-state index contributed by atoms with van der Waals surface area (Å²) in [5.41, 5.74) is 0. The molecule has 1 atom stereocenters. The van der Waals surface area contributed by atoms with Crippen LogP contribution in [-0.2, 0) is 9.80 Å². The van der Waals surface area contributed by atoms with E-state index in [9.17, 15) is 43.7 Å². The van der Waals surface area contributed by atoms with E-state index in [0.29, 0.717) is 0 Å². The molecule has 0 aliphatic rings. The highest BCUT2D eigenvalue weighted by atomic mass is 32.2. The van der Waals surface area contributed by atoms with Gasteiger partial charge in [0.2, 0.25) is 0 Å². The number of halogens is 9. The summed E-state index contributed by atoms with van der Waals surface area (Å²) in [6.45, 7) is 0. The Balaban J connectivity index is 5.91. The molecule has 0 radical (unpaired) electrons.